The molecule has 0 aromatic heterocycles. The van der Waals surface area contributed by atoms with E-state index in [9.17, 15) is 0 Å². The molecule has 0 spiro atoms. The fourth-order valence-corrected chi connectivity index (χ4v) is 0.340. The van der Waals surface area contributed by atoms with Crippen molar-refractivity contribution < 1.29 is 26.2 Å². The number of allylic oxidation sites excluding steroid dienone is 4. The van der Waals surface area contributed by atoms with E-state index in [4.69, 9.17) is 0 Å². The van der Waals surface area contributed by atoms with Crippen LogP contribution < -0.4 is 0 Å². The summed E-state index contributed by atoms with van der Waals surface area (Å²) in [4.78, 5) is 0. The number of halogens is 3. The quantitative estimate of drug-likeness (QED) is 0.591. The molecular formula is C5H8Cl3Zr-. The second-order valence-electron chi connectivity index (χ2n) is 1.00. The summed E-state index contributed by atoms with van der Waals surface area (Å²) in [5.74, 6) is 0. The van der Waals surface area contributed by atoms with Crippen molar-refractivity contribution in [2.45, 2.75) is 6.42 Å². The van der Waals surface area contributed by atoms with Crippen LogP contribution in [0.5, 0.6) is 0 Å². The molecule has 0 aliphatic heterocycles. The van der Waals surface area contributed by atoms with Gasteiger partial charge >= 0.3 is 0 Å². The zero-order chi connectivity index (χ0) is 3.54. The molecular weight excluding hydrogens is 258 g/mol. The average molecular weight is 266 g/mol. The van der Waals surface area contributed by atoms with Gasteiger partial charge in [0.15, 0.2) is 0 Å². The first kappa shape index (κ1) is 22.5. The van der Waals surface area contributed by atoms with E-state index in [1.54, 1.807) is 0 Å². The molecule has 0 unspecified atom stereocenters. The molecule has 1 aliphatic rings. The van der Waals surface area contributed by atoms with Gasteiger partial charge in [0.05, 0.1) is 0 Å². The molecule has 0 radical (unpaired) electrons. The first-order valence-corrected chi connectivity index (χ1v) is 1.72. The minimum Gasteiger partial charge on any atom is -0.273 e. The molecule has 0 nitrogen and oxygen atoms in total. The van der Waals surface area contributed by atoms with Crippen LogP contribution in [0.25, 0.3) is 0 Å². The molecule has 1 rings (SSSR count). The predicted octanol–water partition coefficient (Wildman–Crippen LogP) is 2.57. The Hall–Kier alpha value is 1.23. The van der Waals surface area contributed by atoms with Crippen LogP contribution in [0.3, 0.4) is 0 Å². The molecule has 0 bridgehead atoms. The zero-order valence-corrected chi connectivity index (χ0v) is 9.57. The molecule has 0 aromatic carbocycles. The molecule has 0 N–H and O–H groups in total. The normalized spacial score (nSPS) is 9.78. The summed E-state index contributed by atoms with van der Waals surface area (Å²) in [7, 11) is 0. The molecule has 4 heteroatoms. The van der Waals surface area contributed by atoms with Gasteiger partial charge in [-0.3, -0.25) is 6.08 Å². The summed E-state index contributed by atoms with van der Waals surface area (Å²) in [5, 5.41) is 0. The predicted molar refractivity (Wildman–Crippen MR) is 43.3 cm³/mol. The summed E-state index contributed by atoms with van der Waals surface area (Å²) in [6.45, 7) is 0. The molecule has 9 heavy (non-hydrogen) atoms. The van der Waals surface area contributed by atoms with E-state index >= 15 is 0 Å². The molecule has 0 saturated heterocycles. The Kier molecular flexibility index (Phi) is 40.2. The molecule has 0 atom stereocenters. The Morgan fingerprint density at radius 3 is 1.78 bits per heavy atom. The number of hydrogen-bond donors (Lipinski definition) is 0. The molecule has 0 fully saturated rings. The van der Waals surface area contributed by atoms with Gasteiger partial charge in [-0.25, -0.2) is 12.2 Å². The van der Waals surface area contributed by atoms with Gasteiger partial charge in [-0.2, -0.15) is 6.08 Å². The van der Waals surface area contributed by atoms with E-state index in [0.29, 0.717) is 0 Å². The van der Waals surface area contributed by atoms with E-state index in [1.165, 1.54) is 0 Å². The van der Waals surface area contributed by atoms with Crippen LogP contribution >= 0.6 is 37.2 Å². The summed E-state index contributed by atoms with van der Waals surface area (Å²) in [6.07, 6.45) is 10.0. The second-order valence-corrected chi connectivity index (χ2v) is 1.00. The van der Waals surface area contributed by atoms with Crippen LogP contribution in [0.2, 0.25) is 0 Å². The van der Waals surface area contributed by atoms with Crippen molar-refractivity contribution in [2.24, 2.45) is 0 Å². The van der Waals surface area contributed by atoms with E-state index in [-0.39, 0.29) is 63.4 Å². The monoisotopic (exact) mass is 263 g/mol. The Balaban J connectivity index is -0.0000000312. The van der Waals surface area contributed by atoms with E-state index in [2.05, 4.69) is 12.2 Å². The van der Waals surface area contributed by atoms with Crippen molar-refractivity contribution in [3.05, 3.63) is 24.3 Å². The van der Waals surface area contributed by atoms with Gasteiger partial charge in [-0.05, 0) is 0 Å². The van der Waals surface area contributed by atoms with Crippen LogP contribution in [0.1, 0.15) is 6.42 Å². The van der Waals surface area contributed by atoms with Crippen molar-refractivity contribution in [1.82, 2.24) is 0 Å². The van der Waals surface area contributed by atoms with Gasteiger partial charge in [0.25, 0.3) is 0 Å². The van der Waals surface area contributed by atoms with Crippen LogP contribution in [0.4, 0.5) is 0 Å². The maximum Gasteiger partial charge on any atom is 0 e. The third kappa shape index (κ3) is 12.4. The second kappa shape index (κ2) is 16.1. The van der Waals surface area contributed by atoms with Crippen molar-refractivity contribution in [1.29, 1.82) is 0 Å². The van der Waals surface area contributed by atoms with Crippen LogP contribution in [0.15, 0.2) is 18.2 Å². The minimum absolute atomic E-state index is 0. The average Bonchev–Trinajstić information content (AvgIpc) is 1.76. The third-order valence-electron chi connectivity index (χ3n) is 0.586. The smallest absolute Gasteiger partial charge is 0 e. The summed E-state index contributed by atoms with van der Waals surface area (Å²) < 4.78 is 0. The minimum atomic E-state index is 0. The maximum absolute atomic E-state index is 2.99. The fourth-order valence-electron chi connectivity index (χ4n) is 0.340. The Labute approximate surface area is 93.5 Å². The molecule has 0 heterocycles. The molecule has 0 aromatic rings. The van der Waals surface area contributed by atoms with Crippen molar-refractivity contribution in [3.8, 4) is 0 Å². The van der Waals surface area contributed by atoms with E-state index < -0.39 is 0 Å². The van der Waals surface area contributed by atoms with Crippen LogP contribution in [-0.4, -0.2) is 0 Å². The summed E-state index contributed by atoms with van der Waals surface area (Å²) in [6, 6.07) is 0. The fraction of sp³-hybridized carbons (Fsp3) is 0.200. The van der Waals surface area contributed by atoms with Gasteiger partial charge in [-0.1, -0.05) is 0 Å². The van der Waals surface area contributed by atoms with Gasteiger partial charge in [0, 0.05) is 26.2 Å². The van der Waals surface area contributed by atoms with Gasteiger partial charge < -0.3 is 0 Å². The summed E-state index contributed by atoms with van der Waals surface area (Å²) in [5.41, 5.74) is 0. The third-order valence-corrected chi connectivity index (χ3v) is 0.586. The van der Waals surface area contributed by atoms with Crippen LogP contribution in [-0.2, 0) is 26.2 Å². The Bertz CT molecular complexity index is 70.3. The van der Waals surface area contributed by atoms with Crippen molar-refractivity contribution in [3.63, 3.8) is 0 Å². The topological polar surface area (TPSA) is 0 Å². The molecule has 1 aliphatic carbocycles. The summed E-state index contributed by atoms with van der Waals surface area (Å²) >= 11 is 0. The van der Waals surface area contributed by atoms with Gasteiger partial charge in [0.1, 0.15) is 0 Å². The van der Waals surface area contributed by atoms with Crippen molar-refractivity contribution >= 4 is 37.2 Å². The van der Waals surface area contributed by atoms with E-state index in [0.717, 1.165) is 6.42 Å². The first-order valence-electron chi connectivity index (χ1n) is 1.72. The molecule has 54 valence electrons. The molecule has 0 saturated carbocycles. The maximum atomic E-state index is 2.99. The van der Waals surface area contributed by atoms with Gasteiger partial charge in [-0.15, -0.1) is 43.6 Å². The number of hydrogen-bond acceptors (Lipinski definition) is 0. The zero-order valence-electron chi connectivity index (χ0n) is 4.66. The SMILES string of the molecule is Cl.Cl.Cl.[C-]1=CC=CC1.[Zr]. The van der Waals surface area contributed by atoms with Gasteiger partial charge in [0.2, 0.25) is 0 Å². The van der Waals surface area contributed by atoms with Crippen LogP contribution in [0, 0.1) is 6.08 Å². The van der Waals surface area contributed by atoms with Crippen molar-refractivity contribution in [2.75, 3.05) is 0 Å². The first-order chi connectivity index (χ1) is 2.50. The van der Waals surface area contributed by atoms with E-state index in [1.807, 2.05) is 12.2 Å². The largest absolute Gasteiger partial charge is 0.273 e. The Morgan fingerprint density at radius 1 is 1.11 bits per heavy atom. The molecule has 0 amide bonds. The Morgan fingerprint density at radius 2 is 1.67 bits per heavy atom. The number of rotatable bonds is 0. The standard InChI is InChI=1S/C5H5.3ClH.Zr/c1-2-4-5-3-1;;;;/h1-3H,4H2;3*1H;/q-1;;;;.